The van der Waals surface area contributed by atoms with Crippen LogP contribution in [0.2, 0.25) is 0 Å². The van der Waals surface area contributed by atoms with Gasteiger partial charge in [0.05, 0.1) is 18.8 Å². The zero-order valence-electron chi connectivity index (χ0n) is 9.97. The summed E-state index contributed by atoms with van der Waals surface area (Å²) >= 11 is 0. The summed E-state index contributed by atoms with van der Waals surface area (Å²) < 4.78 is 13.3. The van der Waals surface area contributed by atoms with Crippen LogP contribution in [0, 0.1) is 5.82 Å². The van der Waals surface area contributed by atoms with Crippen molar-refractivity contribution in [2.24, 2.45) is 0 Å². The standard InChI is InChI=1S/C12H16FN3O2/c1-2-6-16(7-8-17)12(18)15-9-11-10(13)4-3-5-14-11/h2-5,17H,1,6-9H2,(H,15,18). The van der Waals surface area contributed by atoms with Crippen LogP contribution in [0.25, 0.3) is 0 Å². The summed E-state index contributed by atoms with van der Waals surface area (Å²) in [7, 11) is 0. The first kappa shape index (κ1) is 14.1. The number of aliphatic hydroxyl groups excluding tert-OH is 1. The summed E-state index contributed by atoms with van der Waals surface area (Å²) in [5, 5.41) is 11.3. The lowest BCUT2D eigenvalue weighted by Gasteiger charge is -2.20. The quantitative estimate of drug-likeness (QED) is 0.741. The van der Waals surface area contributed by atoms with Crippen molar-refractivity contribution in [2.45, 2.75) is 6.54 Å². The highest BCUT2D eigenvalue weighted by atomic mass is 19.1. The van der Waals surface area contributed by atoms with Gasteiger partial charge in [-0.05, 0) is 12.1 Å². The minimum absolute atomic E-state index is 0.00454. The van der Waals surface area contributed by atoms with Gasteiger partial charge in [0.1, 0.15) is 5.82 Å². The maximum atomic E-state index is 13.3. The lowest BCUT2D eigenvalue weighted by Crippen LogP contribution is -2.41. The average molecular weight is 253 g/mol. The Balaban J connectivity index is 2.53. The van der Waals surface area contributed by atoms with Gasteiger partial charge in [0.25, 0.3) is 0 Å². The van der Waals surface area contributed by atoms with Crippen LogP contribution >= 0.6 is 0 Å². The first-order valence-corrected chi connectivity index (χ1v) is 5.53. The first-order chi connectivity index (χ1) is 8.69. The average Bonchev–Trinajstić information content (AvgIpc) is 2.37. The monoisotopic (exact) mass is 253 g/mol. The van der Waals surface area contributed by atoms with Gasteiger partial charge in [-0.2, -0.15) is 0 Å². The number of nitrogens with zero attached hydrogens (tertiary/aromatic N) is 2. The Morgan fingerprint density at radius 1 is 1.67 bits per heavy atom. The van der Waals surface area contributed by atoms with Crippen molar-refractivity contribution in [2.75, 3.05) is 19.7 Å². The molecule has 0 aliphatic heterocycles. The Bertz CT molecular complexity index is 412. The van der Waals surface area contributed by atoms with Crippen molar-refractivity contribution in [1.29, 1.82) is 0 Å². The van der Waals surface area contributed by atoms with Gasteiger partial charge in [-0.1, -0.05) is 6.08 Å². The van der Waals surface area contributed by atoms with Gasteiger partial charge in [-0.15, -0.1) is 6.58 Å². The van der Waals surface area contributed by atoms with Gasteiger partial charge in [-0.25, -0.2) is 9.18 Å². The van der Waals surface area contributed by atoms with E-state index in [2.05, 4.69) is 16.9 Å². The number of aromatic nitrogens is 1. The number of nitrogens with one attached hydrogen (secondary N) is 1. The molecule has 0 bridgehead atoms. The molecule has 0 unspecified atom stereocenters. The third kappa shape index (κ3) is 4.14. The molecule has 0 saturated heterocycles. The first-order valence-electron chi connectivity index (χ1n) is 5.53. The van der Waals surface area contributed by atoms with Crippen molar-refractivity contribution < 1.29 is 14.3 Å². The summed E-state index contributed by atoms with van der Waals surface area (Å²) in [5.74, 6) is -0.463. The van der Waals surface area contributed by atoms with Crippen molar-refractivity contribution in [3.05, 3.63) is 42.5 Å². The number of carbonyl (C=O) groups is 1. The normalized spacial score (nSPS) is 9.89. The fourth-order valence-electron chi connectivity index (χ4n) is 1.37. The number of urea groups is 1. The molecule has 98 valence electrons. The summed E-state index contributed by atoms with van der Waals surface area (Å²) in [6.07, 6.45) is 3.01. The molecule has 0 aliphatic rings. The number of hydrogen-bond donors (Lipinski definition) is 2. The van der Waals surface area contributed by atoms with Gasteiger partial charge in [0.15, 0.2) is 0 Å². The van der Waals surface area contributed by atoms with E-state index in [4.69, 9.17) is 5.11 Å². The Labute approximate surface area is 105 Å². The molecule has 0 atom stereocenters. The second kappa shape index (κ2) is 7.39. The van der Waals surface area contributed by atoms with E-state index in [-0.39, 0.29) is 25.4 Å². The summed E-state index contributed by atoms with van der Waals surface area (Å²) in [4.78, 5) is 16.9. The van der Waals surface area contributed by atoms with E-state index >= 15 is 0 Å². The SMILES string of the molecule is C=CCN(CCO)C(=O)NCc1ncccc1F. The lowest BCUT2D eigenvalue weighted by molar-refractivity contribution is 0.183. The van der Waals surface area contributed by atoms with Crippen LogP contribution < -0.4 is 5.32 Å². The van der Waals surface area contributed by atoms with Crippen LogP contribution in [0.1, 0.15) is 5.69 Å². The number of aliphatic hydroxyl groups is 1. The molecule has 5 nitrogen and oxygen atoms in total. The van der Waals surface area contributed by atoms with E-state index in [1.807, 2.05) is 0 Å². The van der Waals surface area contributed by atoms with Crippen molar-refractivity contribution in [3.63, 3.8) is 0 Å². The fourth-order valence-corrected chi connectivity index (χ4v) is 1.37. The molecule has 6 heteroatoms. The van der Waals surface area contributed by atoms with Crippen molar-refractivity contribution in [3.8, 4) is 0 Å². The lowest BCUT2D eigenvalue weighted by atomic mass is 10.3. The number of amides is 2. The second-order valence-electron chi connectivity index (χ2n) is 3.55. The van der Waals surface area contributed by atoms with E-state index in [1.165, 1.54) is 23.2 Å². The third-order valence-electron chi connectivity index (χ3n) is 2.25. The molecule has 0 radical (unpaired) electrons. The highest BCUT2D eigenvalue weighted by molar-refractivity contribution is 5.74. The van der Waals surface area contributed by atoms with Gasteiger partial charge in [0.2, 0.25) is 0 Å². The van der Waals surface area contributed by atoms with E-state index in [0.717, 1.165) is 0 Å². The highest BCUT2D eigenvalue weighted by Crippen LogP contribution is 2.02. The largest absolute Gasteiger partial charge is 0.395 e. The van der Waals surface area contributed by atoms with Crippen molar-refractivity contribution in [1.82, 2.24) is 15.2 Å². The van der Waals surface area contributed by atoms with Crippen molar-refractivity contribution >= 4 is 6.03 Å². The second-order valence-corrected chi connectivity index (χ2v) is 3.55. The summed E-state index contributed by atoms with van der Waals surface area (Å²) in [6.45, 7) is 3.90. The van der Waals surface area contributed by atoms with Crippen LogP contribution in [0.5, 0.6) is 0 Å². The maximum absolute atomic E-state index is 13.3. The van der Waals surface area contributed by atoms with E-state index < -0.39 is 11.8 Å². The minimum atomic E-state index is -0.463. The fraction of sp³-hybridized carbons (Fsp3) is 0.333. The molecule has 18 heavy (non-hydrogen) atoms. The Kier molecular flexibility index (Phi) is 5.79. The van der Waals surface area contributed by atoms with E-state index in [9.17, 15) is 9.18 Å². The van der Waals surface area contributed by atoms with Crippen LogP contribution in [0.15, 0.2) is 31.0 Å². The predicted molar refractivity (Wildman–Crippen MR) is 65.3 cm³/mol. The molecule has 0 aliphatic carbocycles. The highest BCUT2D eigenvalue weighted by Gasteiger charge is 2.12. The molecule has 1 aromatic rings. The van der Waals surface area contributed by atoms with E-state index in [0.29, 0.717) is 6.54 Å². The number of rotatable bonds is 6. The van der Waals surface area contributed by atoms with Crippen LogP contribution in [-0.2, 0) is 6.54 Å². The zero-order valence-corrected chi connectivity index (χ0v) is 9.97. The van der Waals surface area contributed by atoms with Crippen LogP contribution in [0.4, 0.5) is 9.18 Å². The molecule has 1 heterocycles. The molecule has 0 spiro atoms. The maximum Gasteiger partial charge on any atom is 0.318 e. The van der Waals surface area contributed by atoms with Gasteiger partial charge >= 0.3 is 6.03 Å². The van der Waals surface area contributed by atoms with E-state index in [1.54, 1.807) is 6.08 Å². The smallest absolute Gasteiger partial charge is 0.318 e. The van der Waals surface area contributed by atoms with Gasteiger partial charge in [-0.3, -0.25) is 4.98 Å². The number of hydrogen-bond acceptors (Lipinski definition) is 3. The molecule has 2 N–H and O–H groups in total. The number of carbonyl (C=O) groups excluding carboxylic acids is 1. The molecule has 2 amide bonds. The number of pyridine rings is 1. The van der Waals surface area contributed by atoms with Gasteiger partial charge < -0.3 is 15.3 Å². The predicted octanol–water partition coefficient (Wildman–Crippen LogP) is 0.911. The molecule has 1 aromatic heterocycles. The van der Waals surface area contributed by atoms with Gasteiger partial charge in [0, 0.05) is 19.3 Å². The molecule has 0 fully saturated rings. The Morgan fingerprint density at radius 2 is 2.44 bits per heavy atom. The number of halogens is 1. The summed E-state index contributed by atoms with van der Waals surface area (Å²) in [5.41, 5.74) is 0.174. The molecular weight excluding hydrogens is 237 g/mol. The minimum Gasteiger partial charge on any atom is -0.395 e. The topological polar surface area (TPSA) is 65.5 Å². The Morgan fingerprint density at radius 3 is 3.06 bits per heavy atom. The summed E-state index contributed by atoms with van der Waals surface area (Å²) in [6, 6.07) is 2.37. The third-order valence-corrected chi connectivity index (χ3v) is 2.25. The van der Waals surface area contributed by atoms with Crippen LogP contribution in [0.3, 0.4) is 0 Å². The molecule has 0 aromatic carbocycles. The zero-order chi connectivity index (χ0) is 13.4. The molecular formula is C12H16FN3O2. The molecule has 0 saturated carbocycles. The van der Waals surface area contributed by atoms with Crippen LogP contribution in [-0.4, -0.2) is 40.7 Å². The Hall–Kier alpha value is -1.95. The molecule has 1 rings (SSSR count).